The van der Waals surface area contributed by atoms with Crippen LogP contribution < -0.4 is 5.32 Å². The van der Waals surface area contributed by atoms with Crippen LogP contribution in [0.5, 0.6) is 0 Å². The zero-order valence-corrected chi connectivity index (χ0v) is 12.8. The van der Waals surface area contributed by atoms with Gasteiger partial charge in [-0.25, -0.2) is 4.79 Å². The Balaban J connectivity index is 4.10. The second-order valence-electron chi connectivity index (χ2n) is 5.88. The van der Waals surface area contributed by atoms with E-state index >= 15 is 0 Å². The number of carbonyl (C=O) groups excluding carboxylic acids is 2. The van der Waals surface area contributed by atoms with Crippen molar-refractivity contribution in [2.24, 2.45) is 0 Å². The van der Waals surface area contributed by atoms with Gasteiger partial charge in [0.15, 0.2) is 6.29 Å². The SMILES string of the molecule is CCCCC(CCCC[C]=O)NC(=O)OC(C)(C)C. The van der Waals surface area contributed by atoms with Gasteiger partial charge in [0.25, 0.3) is 0 Å². The maximum Gasteiger partial charge on any atom is 0.407 e. The Kier molecular flexibility index (Phi) is 9.27. The molecule has 0 aromatic rings. The molecule has 4 nitrogen and oxygen atoms in total. The second-order valence-corrected chi connectivity index (χ2v) is 5.88. The second kappa shape index (κ2) is 9.82. The molecule has 0 saturated heterocycles. The minimum atomic E-state index is -0.466. The number of carbonyl (C=O) groups is 1. The fourth-order valence-corrected chi connectivity index (χ4v) is 1.80. The van der Waals surface area contributed by atoms with Crippen molar-refractivity contribution in [2.75, 3.05) is 0 Å². The topological polar surface area (TPSA) is 55.4 Å². The number of rotatable bonds is 9. The van der Waals surface area contributed by atoms with Gasteiger partial charge in [0.2, 0.25) is 0 Å². The molecule has 4 heteroatoms. The first kappa shape index (κ1) is 17.9. The van der Waals surface area contributed by atoms with E-state index in [1.165, 1.54) is 0 Å². The summed E-state index contributed by atoms with van der Waals surface area (Å²) < 4.78 is 5.26. The lowest BCUT2D eigenvalue weighted by atomic mass is 10.0. The minimum absolute atomic E-state index is 0.140. The molecule has 0 aromatic carbocycles. The van der Waals surface area contributed by atoms with E-state index in [4.69, 9.17) is 4.74 Å². The highest BCUT2D eigenvalue weighted by molar-refractivity contribution is 5.68. The van der Waals surface area contributed by atoms with Crippen molar-refractivity contribution in [2.45, 2.75) is 84.3 Å². The van der Waals surface area contributed by atoms with Crippen LogP contribution in [0.2, 0.25) is 0 Å². The van der Waals surface area contributed by atoms with Gasteiger partial charge in [-0.15, -0.1) is 0 Å². The average molecular weight is 270 g/mol. The summed E-state index contributed by atoms with van der Waals surface area (Å²) in [5, 5.41) is 2.93. The molecule has 0 aliphatic heterocycles. The van der Waals surface area contributed by atoms with Crippen LogP contribution in [0.15, 0.2) is 0 Å². The monoisotopic (exact) mass is 270 g/mol. The standard InChI is InChI=1S/C15H28NO3/c1-5-6-10-13(11-8-7-9-12-17)16-14(18)19-15(2,3)4/h13H,5-11H2,1-4H3,(H,16,18). The summed E-state index contributed by atoms with van der Waals surface area (Å²) in [6, 6.07) is 0.140. The summed E-state index contributed by atoms with van der Waals surface area (Å²) in [4.78, 5) is 21.9. The van der Waals surface area contributed by atoms with Gasteiger partial charge in [-0.05, 0) is 40.0 Å². The lowest BCUT2D eigenvalue weighted by Gasteiger charge is -2.23. The zero-order valence-electron chi connectivity index (χ0n) is 12.8. The Morgan fingerprint density at radius 2 is 1.84 bits per heavy atom. The largest absolute Gasteiger partial charge is 0.444 e. The molecule has 1 radical (unpaired) electrons. The Morgan fingerprint density at radius 3 is 2.37 bits per heavy atom. The quantitative estimate of drug-likeness (QED) is 0.649. The van der Waals surface area contributed by atoms with E-state index < -0.39 is 5.60 Å². The smallest absolute Gasteiger partial charge is 0.407 e. The number of alkyl carbamates (subject to hydrolysis) is 1. The first-order chi connectivity index (χ1) is 8.89. The lowest BCUT2D eigenvalue weighted by molar-refractivity contribution is 0.0498. The maximum absolute atomic E-state index is 11.7. The van der Waals surface area contributed by atoms with Crippen molar-refractivity contribution < 1.29 is 14.3 Å². The van der Waals surface area contributed by atoms with Crippen LogP contribution in [0.1, 0.15) is 72.6 Å². The molecule has 0 aliphatic carbocycles. The molecule has 0 spiro atoms. The van der Waals surface area contributed by atoms with Gasteiger partial charge in [-0.3, -0.25) is 4.79 Å². The van der Waals surface area contributed by atoms with E-state index in [9.17, 15) is 9.59 Å². The molecule has 111 valence electrons. The van der Waals surface area contributed by atoms with Gasteiger partial charge < -0.3 is 10.1 Å². The van der Waals surface area contributed by atoms with Crippen LogP contribution in [0.4, 0.5) is 4.79 Å². The number of hydrogen-bond acceptors (Lipinski definition) is 3. The summed E-state index contributed by atoms with van der Waals surface area (Å²) in [6.07, 6.45) is 7.83. The van der Waals surface area contributed by atoms with E-state index in [0.717, 1.165) is 38.5 Å². The van der Waals surface area contributed by atoms with E-state index in [1.54, 1.807) is 0 Å². The fourth-order valence-electron chi connectivity index (χ4n) is 1.80. The van der Waals surface area contributed by atoms with Crippen LogP contribution in [-0.4, -0.2) is 24.0 Å². The number of hydrogen-bond donors (Lipinski definition) is 1. The predicted molar refractivity (Wildman–Crippen MR) is 76.8 cm³/mol. The molecule has 1 N–H and O–H groups in total. The molecule has 0 saturated carbocycles. The van der Waals surface area contributed by atoms with Gasteiger partial charge in [0, 0.05) is 12.5 Å². The Hall–Kier alpha value is -1.06. The summed E-state index contributed by atoms with van der Waals surface area (Å²) in [7, 11) is 0. The van der Waals surface area contributed by atoms with Crippen molar-refractivity contribution in [1.82, 2.24) is 5.32 Å². The highest BCUT2D eigenvalue weighted by atomic mass is 16.6. The highest BCUT2D eigenvalue weighted by Gasteiger charge is 2.19. The van der Waals surface area contributed by atoms with Crippen LogP contribution in [0.25, 0.3) is 0 Å². The summed E-state index contributed by atoms with van der Waals surface area (Å²) in [6.45, 7) is 7.69. The summed E-state index contributed by atoms with van der Waals surface area (Å²) in [5.41, 5.74) is -0.466. The Morgan fingerprint density at radius 1 is 1.21 bits per heavy atom. The van der Waals surface area contributed by atoms with Crippen molar-refractivity contribution in [1.29, 1.82) is 0 Å². The normalized spacial score (nSPS) is 12.8. The number of nitrogens with one attached hydrogen (secondary N) is 1. The highest BCUT2D eigenvalue weighted by Crippen LogP contribution is 2.12. The van der Waals surface area contributed by atoms with Crippen LogP contribution in [0.3, 0.4) is 0 Å². The van der Waals surface area contributed by atoms with Gasteiger partial charge in [-0.2, -0.15) is 0 Å². The third-order valence-corrected chi connectivity index (χ3v) is 2.71. The number of unbranched alkanes of at least 4 members (excludes halogenated alkanes) is 3. The van der Waals surface area contributed by atoms with E-state index in [2.05, 4.69) is 12.2 Å². The third kappa shape index (κ3) is 11.7. The van der Waals surface area contributed by atoms with Gasteiger partial charge in [-0.1, -0.05) is 26.2 Å². The van der Waals surface area contributed by atoms with Crippen molar-refractivity contribution in [3.63, 3.8) is 0 Å². The van der Waals surface area contributed by atoms with Crippen molar-refractivity contribution in [3.8, 4) is 0 Å². The van der Waals surface area contributed by atoms with E-state index in [0.29, 0.717) is 6.42 Å². The zero-order chi connectivity index (χ0) is 14.7. The summed E-state index contributed by atoms with van der Waals surface area (Å²) in [5.74, 6) is 0. The van der Waals surface area contributed by atoms with Gasteiger partial charge >= 0.3 is 6.09 Å². The minimum Gasteiger partial charge on any atom is -0.444 e. The molecular formula is C15H28NO3. The molecule has 0 aliphatic rings. The van der Waals surface area contributed by atoms with Crippen LogP contribution in [-0.2, 0) is 9.53 Å². The first-order valence-electron chi connectivity index (χ1n) is 7.23. The molecule has 0 heterocycles. The Bertz CT molecular complexity index is 259. The van der Waals surface area contributed by atoms with Crippen molar-refractivity contribution in [3.05, 3.63) is 0 Å². The van der Waals surface area contributed by atoms with E-state index in [-0.39, 0.29) is 12.1 Å². The molecular weight excluding hydrogens is 242 g/mol. The van der Waals surface area contributed by atoms with Gasteiger partial charge in [0.1, 0.15) is 5.60 Å². The molecule has 1 amide bonds. The Labute approximate surface area is 117 Å². The van der Waals surface area contributed by atoms with Crippen LogP contribution in [0, 0.1) is 0 Å². The molecule has 0 rings (SSSR count). The number of ether oxygens (including phenoxy) is 1. The van der Waals surface area contributed by atoms with Crippen LogP contribution >= 0.6 is 0 Å². The predicted octanol–water partition coefficient (Wildman–Crippen LogP) is 3.74. The first-order valence-corrected chi connectivity index (χ1v) is 7.23. The molecule has 0 aromatic heterocycles. The maximum atomic E-state index is 11.7. The van der Waals surface area contributed by atoms with E-state index in [1.807, 2.05) is 27.1 Å². The van der Waals surface area contributed by atoms with Crippen molar-refractivity contribution >= 4 is 12.4 Å². The molecule has 1 unspecified atom stereocenters. The third-order valence-electron chi connectivity index (χ3n) is 2.71. The lowest BCUT2D eigenvalue weighted by Crippen LogP contribution is -2.39. The summed E-state index contributed by atoms with van der Waals surface area (Å²) >= 11 is 0. The molecule has 1 atom stereocenters. The molecule has 19 heavy (non-hydrogen) atoms. The number of amides is 1. The van der Waals surface area contributed by atoms with Gasteiger partial charge in [0.05, 0.1) is 0 Å². The molecule has 0 fully saturated rings. The molecule has 0 bridgehead atoms. The fraction of sp³-hybridized carbons (Fsp3) is 0.867. The average Bonchev–Trinajstić information content (AvgIpc) is 2.28.